The van der Waals surface area contributed by atoms with Crippen LogP contribution in [0.25, 0.3) is 5.69 Å². The molecule has 1 aliphatic rings. The van der Waals surface area contributed by atoms with Crippen LogP contribution in [0.2, 0.25) is 0 Å². The van der Waals surface area contributed by atoms with E-state index in [1.165, 1.54) is 12.1 Å². The number of rotatable bonds is 4. The lowest BCUT2D eigenvalue weighted by atomic mass is 9.94. The maximum absolute atomic E-state index is 13.2. The van der Waals surface area contributed by atoms with Crippen LogP contribution in [0.5, 0.6) is 0 Å². The van der Waals surface area contributed by atoms with Gasteiger partial charge in [0.25, 0.3) is 5.56 Å². The predicted octanol–water partition coefficient (Wildman–Crippen LogP) is 3.57. The normalized spacial score (nSPS) is 17.3. The van der Waals surface area contributed by atoms with Crippen molar-refractivity contribution in [1.82, 2.24) is 14.3 Å². The van der Waals surface area contributed by atoms with E-state index in [0.717, 1.165) is 35.5 Å². The Labute approximate surface area is 152 Å². The van der Waals surface area contributed by atoms with Crippen molar-refractivity contribution in [3.05, 3.63) is 87.6 Å². The van der Waals surface area contributed by atoms with Crippen molar-refractivity contribution in [2.24, 2.45) is 7.05 Å². The number of aromatic nitrogens is 2. The molecule has 134 valence electrons. The van der Waals surface area contributed by atoms with E-state index in [4.69, 9.17) is 0 Å². The van der Waals surface area contributed by atoms with Crippen LogP contribution in [0.1, 0.15) is 29.3 Å². The van der Waals surface area contributed by atoms with Gasteiger partial charge in [0.1, 0.15) is 5.82 Å². The Morgan fingerprint density at radius 3 is 2.38 bits per heavy atom. The zero-order chi connectivity index (χ0) is 18.3. The van der Waals surface area contributed by atoms with Gasteiger partial charge in [0, 0.05) is 31.9 Å². The van der Waals surface area contributed by atoms with E-state index in [2.05, 4.69) is 4.90 Å². The average molecular weight is 351 g/mol. The zero-order valence-corrected chi connectivity index (χ0v) is 15.0. The molecule has 2 aromatic carbocycles. The van der Waals surface area contributed by atoms with Crippen molar-refractivity contribution >= 4 is 0 Å². The maximum atomic E-state index is 13.2. The van der Waals surface area contributed by atoms with E-state index in [1.807, 2.05) is 61.1 Å². The molecule has 0 radical (unpaired) electrons. The second-order valence-corrected chi connectivity index (χ2v) is 6.87. The summed E-state index contributed by atoms with van der Waals surface area (Å²) in [6.07, 6.45) is 1.03. The first kappa shape index (κ1) is 16.8. The smallest absolute Gasteiger partial charge is 0.276 e. The van der Waals surface area contributed by atoms with Gasteiger partial charge in [0.15, 0.2) is 0 Å². The molecule has 2 heterocycles. The van der Waals surface area contributed by atoms with Gasteiger partial charge in [0.2, 0.25) is 0 Å². The quantitative estimate of drug-likeness (QED) is 0.719. The second-order valence-electron chi connectivity index (χ2n) is 6.87. The number of benzene rings is 2. The van der Waals surface area contributed by atoms with E-state index >= 15 is 0 Å². The maximum Gasteiger partial charge on any atom is 0.276 e. The van der Waals surface area contributed by atoms with Crippen LogP contribution >= 0.6 is 0 Å². The fourth-order valence-electron chi connectivity index (χ4n) is 3.70. The zero-order valence-electron chi connectivity index (χ0n) is 15.0. The van der Waals surface area contributed by atoms with Crippen LogP contribution in [-0.2, 0) is 13.6 Å². The molecule has 1 aromatic heterocycles. The van der Waals surface area contributed by atoms with Crippen LogP contribution in [0, 0.1) is 12.7 Å². The Kier molecular flexibility index (Phi) is 4.24. The summed E-state index contributed by atoms with van der Waals surface area (Å²) in [7, 11) is 1.92. The van der Waals surface area contributed by atoms with Crippen LogP contribution in [0.3, 0.4) is 0 Å². The number of halogens is 1. The molecule has 0 amide bonds. The van der Waals surface area contributed by atoms with Crippen molar-refractivity contribution in [3.63, 3.8) is 0 Å². The monoisotopic (exact) mass is 351 g/mol. The minimum atomic E-state index is -0.218. The first-order valence-electron chi connectivity index (χ1n) is 8.88. The third-order valence-corrected chi connectivity index (χ3v) is 5.42. The molecule has 0 spiro atoms. The summed E-state index contributed by atoms with van der Waals surface area (Å²) >= 11 is 0. The van der Waals surface area contributed by atoms with Gasteiger partial charge in [-0.05, 0) is 43.2 Å². The van der Waals surface area contributed by atoms with Gasteiger partial charge in [0.05, 0.1) is 11.3 Å². The summed E-state index contributed by atoms with van der Waals surface area (Å²) in [6, 6.07) is 16.6. The van der Waals surface area contributed by atoms with Gasteiger partial charge in [-0.25, -0.2) is 9.07 Å². The summed E-state index contributed by atoms with van der Waals surface area (Å²) in [5.74, 6) is -0.218. The molecule has 3 aromatic rings. The summed E-state index contributed by atoms with van der Waals surface area (Å²) in [5.41, 5.74) is 3.80. The summed E-state index contributed by atoms with van der Waals surface area (Å²) in [4.78, 5) is 15.3. The molecule has 5 heteroatoms. The average Bonchev–Trinajstić information content (AvgIpc) is 2.84. The highest BCUT2D eigenvalue weighted by Gasteiger charge is 2.31. The molecular formula is C21H22FN3O. The van der Waals surface area contributed by atoms with Gasteiger partial charge in [-0.2, -0.15) is 0 Å². The van der Waals surface area contributed by atoms with Crippen molar-refractivity contribution in [3.8, 4) is 5.69 Å². The Morgan fingerprint density at radius 2 is 1.77 bits per heavy atom. The lowest BCUT2D eigenvalue weighted by Crippen LogP contribution is -2.41. The minimum absolute atomic E-state index is 0.0287. The summed E-state index contributed by atoms with van der Waals surface area (Å²) in [5, 5.41) is 0. The molecule has 1 aliphatic heterocycles. The number of hydrogen-bond acceptors (Lipinski definition) is 2. The van der Waals surface area contributed by atoms with Gasteiger partial charge < -0.3 is 0 Å². The standard InChI is InChI=1S/C21H22FN3O/c1-15-19(21(26)25(23(15)2)18-6-4-3-5-7-18)14-24-13-12-20(24)16-8-10-17(22)11-9-16/h3-11,20H,12-14H2,1-2H3/t20-/m1/s1. The highest BCUT2D eigenvalue weighted by Crippen LogP contribution is 2.34. The van der Waals surface area contributed by atoms with Crippen molar-refractivity contribution in [2.45, 2.75) is 25.9 Å². The topological polar surface area (TPSA) is 30.2 Å². The lowest BCUT2D eigenvalue weighted by molar-refractivity contribution is 0.0812. The van der Waals surface area contributed by atoms with Crippen molar-refractivity contribution < 1.29 is 4.39 Å². The molecule has 0 bridgehead atoms. The molecule has 4 nitrogen and oxygen atoms in total. The fraction of sp³-hybridized carbons (Fsp3) is 0.286. The van der Waals surface area contributed by atoms with Gasteiger partial charge in [-0.1, -0.05) is 30.3 Å². The van der Waals surface area contributed by atoms with E-state index in [0.29, 0.717) is 6.54 Å². The van der Waals surface area contributed by atoms with E-state index in [1.54, 1.807) is 4.68 Å². The highest BCUT2D eigenvalue weighted by molar-refractivity contribution is 5.33. The first-order chi connectivity index (χ1) is 12.6. The van der Waals surface area contributed by atoms with Gasteiger partial charge >= 0.3 is 0 Å². The molecule has 0 N–H and O–H groups in total. The second kappa shape index (κ2) is 6.57. The SMILES string of the molecule is Cc1c(CN2CC[C@@H]2c2ccc(F)cc2)c(=O)n(-c2ccccc2)n1C. The number of hydrogen-bond donors (Lipinski definition) is 0. The molecule has 0 unspecified atom stereocenters. The molecule has 1 atom stereocenters. The highest BCUT2D eigenvalue weighted by atomic mass is 19.1. The molecule has 0 saturated carbocycles. The van der Waals surface area contributed by atoms with E-state index in [9.17, 15) is 9.18 Å². The number of nitrogens with zero attached hydrogens (tertiary/aromatic N) is 3. The van der Waals surface area contributed by atoms with Crippen molar-refractivity contribution in [2.75, 3.05) is 6.54 Å². The van der Waals surface area contributed by atoms with Crippen LogP contribution in [0.15, 0.2) is 59.4 Å². The van der Waals surface area contributed by atoms with Crippen LogP contribution in [0.4, 0.5) is 4.39 Å². The molecule has 26 heavy (non-hydrogen) atoms. The largest absolute Gasteiger partial charge is 0.292 e. The molecular weight excluding hydrogens is 329 g/mol. The Bertz CT molecular complexity index is 973. The minimum Gasteiger partial charge on any atom is -0.292 e. The van der Waals surface area contributed by atoms with Crippen molar-refractivity contribution in [1.29, 1.82) is 0 Å². The Balaban J connectivity index is 1.63. The Morgan fingerprint density at radius 1 is 1.08 bits per heavy atom. The van der Waals surface area contributed by atoms with Gasteiger partial charge in [-0.15, -0.1) is 0 Å². The fourth-order valence-corrected chi connectivity index (χ4v) is 3.70. The Hall–Kier alpha value is -2.66. The van der Waals surface area contributed by atoms with Crippen LogP contribution in [-0.4, -0.2) is 20.8 Å². The summed E-state index contributed by atoms with van der Waals surface area (Å²) in [6.45, 7) is 3.55. The predicted molar refractivity (Wildman–Crippen MR) is 99.9 cm³/mol. The third kappa shape index (κ3) is 2.78. The van der Waals surface area contributed by atoms with E-state index < -0.39 is 0 Å². The first-order valence-corrected chi connectivity index (χ1v) is 8.88. The van der Waals surface area contributed by atoms with Gasteiger partial charge in [-0.3, -0.25) is 14.4 Å². The molecule has 4 rings (SSSR count). The molecule has 1 saturated heterocycles. The summed E-state index contributed by atoms with van der Waals surface area (Å²) < 4.78 is 16.8. The third-order valence-electron chi connectivity index (χ3n) is 5.42. The van der Waals surface area contributed by atoms with E-state index in [-0.39, 0.29) is 17.4 Å². The molecule has 0 aliphatic carbocycles. The van der Waals surface area contributed by atoms with Crippen LogP contribution < -0.4 is 5.56 Å². The lowest BCUT2D eigenvalue weighted by Gasteiger charge is -2.41. The molecule has 1 fully saturated rings. The number of para-hydroxylation sites is 1. The number of likely N-dealkylation sites (tertiary alicyclic amines) is 1.